The summed E-state index contributed by atoms with van der Waals surface area (Å²) in [5, 5.41) is 8.35. The third-order valence-corrected chi connectivity index (χ3v) is 2.75. The first-order valence-electron chi connectivity index (χ1n) is 5.00. The number of unbranched alkanes of at least 4 members (excludes halogenated alkanes) is 2. The van der Waals surface area contributed by atoms with Crippen molar-refractivity contribution in [3.05, 3.63) is 24.3 Å². The molecule has 0 saturated heterocycles. The Morgan fingerprint density at radius 3 is 2.60 bits per heavy atom. The van der Waals surface area contributed by atoms with Gasteiger partial charge in [0.15, 0.2) is 0 Å². The summed E-state index contributed by atoms with van der Waals surface area (Å²) in [7, 11) is 0. The van der Waals surface area contributed by atoms with Gasteiger partial charge in [-0.25, -0.2) is 0 Å². The molecule has 0 heterocycles. The molecule has 0 bridgehead atoms. The minimum Gasteiger partial charge on any atom is -0.494 e. The molecule has 0 N–H and O–H groups in total. The van der Waals surface area contributed by atoms with Gasteiger partial charge in [0, 0.05) is 11.3 Å². The molecule has 0 atom stereocenters. The Morgan fingerprint density at radius 1 is 1.27 bits per heavy atom. The summed E-state index contributed by atoms with van der Waals surface area (Å²) in [6.45, 7) is 0.695. The maximum Gasteiger partial charge on any atom is 0.119 e. The van der Waals surface area contributed by atoms with Crippen molar-refractivity contribution >= 4 is 11.8 Å². The summed E-state index contributed by atoms with van der Waals surface area (Å²) < 4.78 is 5.53. The van der Waals surface area contributed by atoms with Crippen molar-refractivity contribution in [2.75, 3.05) is 12.9 Å². The number of thioether (sulfide) groups is 1. The van der Waals surface area contributed by atoms with E-state index in [-0.39, 0.29) is 0 Å². The van der Waals surface area contributed by atoms with Crippen molar-refractivity contribution in [1.82, 2.24) is 0 Å². The molecule has 0 fully saturated rings. The average molecular weight is 221 g/mol. The molecular formula is C12H15NOS. The summed E-state index contributed by atoms with van der Waals surface area (Å²) in [6, 6.07) is 10.2. The number of nitriles is 1. The van der Waals surface area contributed by atoms with Crippen LogP contribution in [-0.4, -0.2) is 12.9 Å². The van der Waals surface area contributed by atoms with Gasteiger partial charge in [0.1, 0.15) is 5.75 Å². The third-order valence-electron chi connectivity index (χ3n) is 2.01. The number of ether oxygens (including phenoxy) is 1. The number of nitrogens with zero attached hydrogens (tertiary/aromatic N) is 1. The van der Waals surface area contributed by atoms with Gasteiger partial charge in [0.05, 0.1) is 12.7 Å². The maximum atomic E-state index is 8.35. The van der Waals surface area contributed by atoms with E-state index < -0.39 is 0 Å². The van der Waals surface area contributed by atoms with Gasteiger partial charge in [-0.2, -0.15) is 5.26 Å². The zero-order valence-electron chi connectivity index (χ0n) is 8.90. The largest absolute Gasteiger partial charge is 0.494 e. The summed E-state index contributed by atoms with van der Waals surface area (Å²) >= 11 is 1.72. The molecule has 0 saturated carbocycles. The Morgan fingerprint density at radius 2 is 2.00 bits per heavy atom. The molecule has 0 amide bonds. The highest BCUT2D eigenvalue weighted by Crippen LogP contribution is 2.19. The Bertz CT molecular complexity index is 315. The predicted molar refractivity (Wildman–Crippen MR) is 63.2 cm³/mol. The molecule has 0 spiro atoms. The highest BCUT2D eigenvalue weighted by molar-refractivity contribution is 7.98. The number of benzene rings is 1. The second kappa shape index (κ2) is 7.19. The summed E-state index contributed by atoms with van der Waals surface area (Å²) in [6.07, 6.45) is 4.53. The Labute approximate surface area is 95.3 Å². The summed E-state index contributed by atoms with van der Waals surface area (Å²) in [5.74, 6) is 0.907. The van der Waals surface area contributed by atoms with E-state index in [1.54, 1.807) is 11.8 Å². The second-order valence-electron chi connectivity index (χ2n) is 3.14. The average Bonchev–Trinajstić information content (AvgIpc) is 2.30. The molecule has 0 aromatic heterocycles. The molecule has 15 heavy (non-hydrogen) atoms. The minimum absolute atomic E-state index is 0.620. The van der Waals surface area contributed by atoms with E-state index in [1.807, 2.05) is 12.1 Å². The SMILES string of the molecule is CSc1ccc(OCCCCC#N)cc1. The Kier molecular flexibility index (Phi) is 5.72. The van der Waals surface area contributed by atoms with Crippen molar-refractivity contribution in [3.63, 3.8) is 0 Å². The van der Waals surface area contributed by atoms with E-state index >= 15 is 0 Å². The van der Waals surface area contributed by atoms with Crippen LogP contribution in [0.4, 0.5) is 0 Å². The van der Waals surface area contributed by atoms with Crippen LogP contribution in [0.15, 0.2) is 29.2 Å². The normalized spacial score (nSPS) is 9.60. The third kappa shape index (κ3) is 4.75. The molecular weight excluding hydrogens is 206 g/mol. The maximum absolute atomic E-state index is 8.35. The second-order valence-corrected chi connectivity index (χ2v) is 4.02. The highest BCUT2D eigenvalue weighted by atomic mass is 32.2. The van der Waals surface area contributed by atoms with Gasteiger partial charge in [-0.3, -0.25) is 0 Å². The van der Waals surface area contributed by atoms with Gasteiger partial charge in [-0.1, -0.05) is 0 Å². The van der Waals surface area contributed by atoms with Crippen molar-refractivity contribution in [2.45, 2.75) is 24.2 Å². The van der Waals surface area contributed by atoms with Gasteiger partial charge in [-0.15, -0.1) is 11.8 Å². The quantitative estimate of drug-likeness (QED) is 0.544. The van der Waals surface area contributed by atoms with Crippen LogP contribution in [0.25, 0.3) is 0 Å². The van der Waals surface area contributed by atoms with E-state index in [2.05, 4.69) is 24.5 Å². The van der Waals surface area contributed by atoms with Gasteiger partial charge < -0.3 is 4.74 Å². The van der Waals surface area contributed by atoms with Crippen LogP contribution in [0.2, 0.25) is 0 Å². The van der Waals surface area contributed by atoms with E-state index in [9.17, 15) is 0 Å². The smallest absolute Gasteiger partial charge is 0.119 e. The molecule has 0 unspecified atom stereocenters. The zero-order chi connectivity index (χ0) is 10.9. The lowest BCUT2D eigenvalue weighted by Crippen LogP contribution is -1.96. The van der Waals surface area contributed by atoms with Crippen molar-refractivity contribution < 1.29 is 4.74 Å². The van der Waals surface area contributed by atoms with Crippen LogP contribution in [0, 0.1) is 11.3 Å². The Hall–Kier alpha value is -1.14. The van der Waals surface area contributed by atoms with Crippen molar-refractivity contribution in [1.29, 1.82) is 5.26 Å². The van der Waals surface area contributed by atoms with Crippen LogP contribution in [0.1, 0.15) is 19.3 Å². The lowest BCUT2D eigenvalue weighted by molar-refractivity contribution is 0.307. The Balaban J connectivity index is 2.23. The van der Waals surface area contributed by atoms with E-state index in [4.69, 9.17) is 10.00 Å². The van der Waals surface area contributed by atoms with Crippen LogP contribution < -0.4 is 4.74 Å². The monoisotopic (exact) mass is 221 g/mol. The fourth-order valence-corrected chi connectivity index (χ4v) is 1.58. The molecule has 3 heteroatoms. The van der Waals surface area contributed by atoms with Crippen LogP contribution in [-0.2, 0) is 0 Å². The topological polar surface area (TPSA) is 33.0 Å². The molecule has 1 aromatic rings. The van der Waals surface area contributed by atoms with Gasteiger partial charge in [-0.05, 0) is 43.4 Å². The fraction of sp³-hybridized carbons (Fsp3) is 0.417. The molecule has 80 valence electrons. The number of hydrogen-bond acceptors (Lipinski definition) is 3. The van der Waals surface area contributed by atoms with E-state index in [0.29, 0.717) is 13.0 Å². The highest BCUT2D eigenvalue weighted by Gasteiger charge is 1.94. The molecule has 0 radical (unpaired) electrons. The number of hydrogen-bond donors (Lipinski definition) is 0. The van der Waals surface area contributed by atoms with E-state index in [0.717, 1.165) is 18.6 Å². The first-order valence-corrected chi connectivity index (χ1v) is 6.23. The van der Waals surface area contributed by atoms with Gasteiger partial charge in [0.2, 0.25) is 0 Å². The minimum atomic E-state index is 0.620. The molecule has 1 aromatic carbocycles. The fourth-order valence-electron chi connectivity index (χ4n) is 1.17. The zero-order valence-corrected chi connectivity index (χ0v) is 9.72. The van der Waals surface area contributed by atoms with Gasteiger partial charge >= 0.3 is 0 Å². The van der Waals surface area contributed by atoms with Gasteiger partial charge in [0.25, 0.3) is 0 Å². The molecule has 2 nitrogen and oxygen atoms in total. The summed E-state index contributed by atoms with van der Waals surface area (Å²) in [5.41, 5.74) is 0. The van der Waals surface area contributed by atoms with Crippen LogP contribution in [0.5, 0.6) is 5.75 Å². The molecule has 0 aliphatic carbocycles. The standard InChI is InChI=1S/C12H15NOS/c1-15-12-7-5-11(6-8-12)14-10-4-2-3-9-13/h5-8H,2-4,10H2,1H3. The molecule has 0 aliphatic heterocycles. The van der Waals surface area contributed by atoms with Crippen molar-refractivity contribution in [2.24, 2.45) is 0 Å². The molecule has 1 rings (SSSR count). The first kappa shape index (κ1) is 11.9. The first-order chi connectivity index (χ1) is 7.36. The predicted octanol–water partition coefficient (Wildman–Crippen LogP) is 3.48. The summed E-state index contributed by atoms with van der Waals surface area (Å²) in [4.78, 5) is 1.24. The van der Waals surface area contributed by atoms with Crippen LogP contribution in [0.3, 0.4) is 0 Å². The molecule has 0 aliphatic rings. The van der Waals surface area contributed by atoms with Crippen LogP contribution >= 0.6 is 11.8 Å². The lowest BCUT2D eigenvalue weighted by Gasteiger charge is -2.05. The number of rotatable bonds is 6. The lowest BCUT2D eigenvalue weighted by atomic mass is 10.2. The van der Waals surface area contributed by atoms with E-state index in [1.165, 1.54) is 4.90 Å². The van der Waals surface area contributed by atoms with Crippen molar-refractivity contribution in [3.8, 4) is 11.8 Å².